The maximum atomic E-state index is 4.24. The highest BCUT2D eigenvalue weighted by atomic mass is 32.1. The Labute approximate surface area is 136 Å². The van der Waals surface area contributed by atoms with E-state index < -0.39 is 0 Å². The standard InChI is InChI=1S/C19H35NS/c1-3-5-7-9-11-13-18(14-12-10-8-6-4-2)15-19-16-20-17-21-19/h16-18H,3-15H2,1-2H3. The van der Waals surface area contributed by atoms with Gasteiger partial charge in [0, 0.05) is 11.1 Å². The van der Waals surface area contributed by atoms with Crippen LogP contribution in [0.2, 0.25) is 0 Å². The van der Waals surface area contributed by atoms with Crippen LogP contribution in [0.4, 0.5) is 0 Å². The average molecular weight is 310 g/mol. The third-order valence-corrected chi connectivity index (χ3v) is 5.21. The highest BCUT2D eigenvalue weighted by molar-refractivity contribution is 7.09. The minimum Gasteiger partial charge on any atom is -0.253 e. The smallest absolute Gasteiger partial charge is 0.0794 e. The third-order valence-electron chi connectivity index (χ3n) is 4.41. The topological polar surface area (TPSA) is 12.9 Å². The molecule has 0 unspecified atom stereocenters. The Balaban J connectivity index is 2.21. The van der Waals surface area contributed by atoms with Crippen LogP contribution < -0.4 is 0 Å². The van der Waals surface area contributed by atoms with Gasteiger partial charge in [-0.2, -0.15) is 0 Å². The number of aromatic nitrogens is 1. The summed E-state index contributed by atoms with van der Waals surface area (Å²) in [5.41, 5.74) is 1.98. The van der Waals surface area contributed by atoms with Crippen molar-refractivity contribution >= 4 is 11.3 Å². The summed E-state index contributed by atoms with van der Waals surface area (Å²) in [6.07, 6.45) is 20.3. The Kier molecular flexibility index (Phi) is 11.8. The minimum absolute atomic E-state index is 0.897. The molecule has 0 fully saturated rings. The Hall–Kier alpha value is -0.370. The van der Waals surface area contributed by atoms with Crippen molar-refractivity contribution in [3.05, 3.63) is 16.6 Å². The molecule has 0 atom stereocenters. The zero-order valence-corrected chi connectivity index (χ0v) is 15.1. The fraction of sp³-hybridized carbons (Fsp3) is 0.842. The molecule has 0 bridgehead atoms. The van der Waals surface area contributed by atoms with Gasteiger partial charge >= 0.3 is 0 Å². The van der Waals surface area contributed by atoms with Crippen molar-refractivity contribution < 1.29 is 0 Å². The first kappa shape index (κ1) is 18.7. The summed E-state index contributed by atoms with van der Waals surface area (Å²) in [5, 5.41) is 0. The molecule has 0 aliphatic heterocycles. The molecule has 0 saturated carbocycles. The number of thiazole rings is 1. The van der Waals surface area contributed by atoms with E-state index in [2.05, 4.69) is 25.0 Å². The van der Waals surface area contributed by atoms with Crippen LogP contribution in [0.3, 0.4) is 0 Å². The van der Waals surface area contributed by atoms with Crippen molar-refractivity contribution in [2.45, 2.75) is 97.3 Å². The highest BCUT2D eigenvalue weighted by Gasteiger charge is 2.10. The van der Waals surface area contributed by atoms with Crippen LogP contribution in [-0.4, -0.2) is 4.98 Å². The Morgan fingerprint density at radius 1 is 0.857 bits per heavy atom. The van der Waals surface area contributed by atoms with Gasteiger partial charge in [-0.25, -0.2) is 0 Å². The molecular weight excluding hydrogens is 274 g/mol. The number of rotatable bonds is 14. The third kappa shape index (κ3) is 10.1. The van der Waals surface area contributed by atoms with Gasteiger partial charge in [0.1, 0.15) is 0 Å². The monoisotopic (exact) mass is 309 g/mol. The van der Waals surface area contributed by atoms with E-state index in [0.29, 0.717) is 0 Å². The van der Waals surface area contributed by atoms with Crippen LogP contribution >= 0.6 is 11.3 Å². The quantitative estimate of drug-likeness (QED) is 0.336. The van der Waals surface area contributed by atoms with E-state index in [9.17, 15) is 0 Å². The molecule has 0 N–H and O–H groups in total. The summed E-state index contributed by atoms with van der Waals surface area (Å²) >= 11 is 1.83. The van der Waals surface area contributed by atoms with E-state index in [1.165, 1.54) is 88.3 Å². The summed E-state index contributed by atoms with van der Waals surface area (Å²) in [6.45, 7) is 4.59. The van der Waals surface area contributed by atoms with Gasteiger partial charge in [0.2, 0.25) is 0 Å². The van der Waals surface area contributed by atoms with Gasteiger partial charge < -0.3 is 0 Å². The molecule has 0 aliphatic rings. The zero-order chi connectivity index (χ0) is 15.2. The van der Waals surface area contributed by atoms with Gasteiger partial charge in [-0.05, 0) is 12.3 Å². The number of hydrogen-bond donors (Lipinski definition) is 0. The largest absolute Gasteiger partial charge is 0.253 e. The first-order valence-corrected chi connectivity index (χ1v) is 10.1. The molecule has 0 amide bonds. The van der Waals surface area contributed by atoms with Crippen molar-refractivity contribution in [3.63, 3.8) is 0 Å². The molecule has 1 aromatic heterocycles. The van der Waals surface area contributed by atoms with Gasteiger partial charge in [0.15, 0.2) is 0 Å². The molecule has 0 aromatic carbocycles. The van der Waals surface area contributed by atoms with E-state index in [1.807, 2.05) is 16.8 Å². The second-order valence-corrected chi connectivity index (χ2v) is 7.41. The zero-order valence-electron chi connectivity index (χ0n) is 14.3. The Morgan fingerprint density at radius 3 is 1.90 bits per heavy atom. The van der Waals surface area contributed by atoms with Gasteiger partial charge in [-0.15, -0.1) is 11.3 Å². The van der Waals surface area contributed by atoms with Crippen LogP contribution in [0.25, 0.3) is 0 Å². The molecule has 1 heterocycles. The van der Waals surface area contributed by atoms with Crippen LogP contribution in [0.1, 0.15) is 95.8 Å². The maximum absolute atomic E-state index is 4.24. The normalized spacial score (nSPS) is 11.4. The molecule has 0 aliphatic carbocycles. The first-order valence-electron chi connectivity index (χ1n) is 9.24. The number of unbranched alkanes of at least 4 members (excludes halogenated alkanes) is 8. The van der Waals surface area contributed by atoms with E-state index in [4.69, 9.17) is 0 Å². The fourth-order valence-corrected chi connectivity index (χ4v) is 3.76. The van der Waals surface area contributed by atoms with Gasteiger partial charge in [0.25, 0.3) is 0 Å². The lowest BCUT2D eigenvalue weighted by Gasteiger charge is -2.16. The fourth-order valence-electron chi connectivity index (χ4n) is 3.05. The number of nitrogens with zero attached hydrogens (tertiary/aromatic N) is 1. The second-order valence-electron chi connectivity index (χ2n) is 6.44. The van der Waals surface area contributed by atoms with Crippen LogP contribution in [0.15, 0.2) is 11.7 Å². The van der Waals surface area contributed by atoms with E-state index in [0.717, 1.165) is 5.92 Å². The molecule has 0 spiro atoms. The highest BCUT2D eigenvalue weighted by Crippen LogP contribution is 2.24. The lowest BCUT2D eigenvalue weighted by Crippen LogP contribution is -2.04. The first-order chi connectivity index (χ1) is 10.4. The maximum Gasteiger partial charge on any atom is 0.0794 e. The molecular formula is C19H35NS. The summed E-state index contributed by atoms with van der Waals surface area (Å²) in [5.74, 6) is 0.897. The summed E-state index contributed by atoms with van der Waals surface area (Å²) in [4.78, 5) is 5.72. The molecule has 0 saturated heterocycles. The van der Waals surface area contributed by atoms with Crippen molar-refractivity contribution in [1.29, 1.82) is 0 Å². The molecule has 21 heavy (non-hydrogen) atoms. The predicted octanol–water partition coefficient (Wildman–Crippen LogP) is 7.02. The lowest BCUT2D eigenvalue weighted by molar-refractivity contribution is 0.403. The van der Waals surface area contributed by atoms with Crippen LogP contribution in [-0.2, 0) is 6.42 Å². The number of hydrogen-bond acceptors (Lipinski definition) is 2. The second kappa shape index (κ2) is 13.3. The van der Waals surface area contributed by atoms with Crippen molar-refractivity contribution in [2.75, 3.05) is 0 Å². The van der Waals surface area contributed by atoms with Gasteiger partial charge in [0.05, 0.1) is 5.51 Å². The molecule has 122 valence electrons. The van der Waals surface area contributed by atoms with Gasteiger partial charge in [-0.3, -0.25) is 4.98 Å². The van der Waals surface area contributed by atoms with Crippen LogP contribution in [0, 0.1) is 5.92 Å². The lowest BCUT2D eigenvalue weighted by atomic mass is 9.91. The minimum atomic E-state index is 0.897. The predicted molar refractivity (Wildman–Crippen MR) is 96.1 cm³/mol. The van der Waals surface area contributed by atoms with Crippen LogP contribution in [0.5, 0.6) is 0 Å². The summed E-state index contributed by atoms with van der Waals surface area (Å²) < 4.78 is 0. The van der Waals surface area contributed by atoms with Gasteiger partial charge in [-0.1, -0.05) is 90.9 Å². The Morgan fingerprint density at radius 2 is 1.43 bits per heavy atom. The average Bonchev–Trinajstić information content (AvgIpc) is 2.99. The van der Waals surface area contributed by atoms with E-state index in [-0.39, 0.29) is 0 Å². The summed E-state index contributed by atoms with van der Waals surface area (Å²) in [6, 6.07) is 0. The molecule has 2 heteroatoms. The van der Waals surface area contributed by atoms with E-state index in [1.54, 1.807) is 0 Å². The molecule has 0 radical (unpaired) electrons. The molecule has 1 nitrogen and oxygen atoms in total. The Bertz CT molecular complexity index is 293. The SMILES string of the molecule is CCCCCCCC(CCCCCCC)Cc1cncs1. The van der Waals surface area contributed by atoms with E-state index >= 15 is 0 Å². The molecule has 1 rings (SSSR count). The molecule has 1 aromatic rings. The van der Waals surface area contributed by atoms with Crippen molar-refractivity contribution in [1.82, 2.24) is 4.98 Å². The van der Waals surface area contributed by atoms with Crippen molar-refractivity contribution in [3.8, 4) is 0 Å². The summed E-state index contributed by atoms with van der Waals surface area (Å²) in [7, 11) is 0. The van der Waals surface area contributed by atoms with Crippen molar-refractivity contribution in [2.24, 2.45) is 5.92 Å².